The number of carbonyl (C=O) groups is 1. The average Bonchev–Trinajstić information content (AvgIpc) is 2.93. The smallest absolute Gasteiger partial charge is 0.274 e. The second kappa shape index (κ2) is 9.19. The van der Waals surface area contributed by atoms with Gasteiger partial charge in [0, 0.05) is 34.6 Å². The van der Waals surface area contributed by atoms with Crippen LogP contribution in [0.3, 0.4) is 0 Å². The van der Waals surface area contributed by atoms with E-state index in [-0.39, 0.29) is 23.5 Å². The van der Waals surface area contributed by atoms with Crippen molar-refractivity contribution >= 4 is 22.6 Å². The quantitative estimate of drug-likeness (QED) is 0.375. The van der Waals surface area contributed by atoms with E-state index in [0.29, 0.717) is 11.4 Å². The van der Waals surface area contributed by atoms with Crippen LogP contribution in [0.25, 0.3) is 33.4 Å². The first kappa shape index (κ1) is 21.9. The number of amides is 1. The predicted octanol–water partition coefficient (Wildman–Crippen LogP) is 5.14. The Hall–Kier alpha value is -4.65. The third kappa shape index (κ3) is 4.05. The number of pyridine rings is 2. The van der Waals surface area contributed by atoms with Crippen molar-refractivity contribution < 1.29 is 4.79 Å². The summed E-state index contributed by atoms with van der Waals surface area (Å²) in [5.74, 6) is -0.246. The normalized spacial score (nSPS) is 14.8. The van der Waals surface area contributed by atoms with Gasteiger partial charge in [0.05, 0.1) is 22.9 Å². The summed E-state index contributed by atoms with van der Waals surface area (Å²) in [4.78, 5) is 31.9. The van der Waals surface area contributed by atoms with Gasteiger partial charge in [-0.3, -0.25) is 14.8 Å². The van der Waals surface area contributed by atoms with Gasteiger partial charge in [0.15, 0.2) is 11.5 Å². The van der Waals surface area contributed by atoms with Gasteiger partial charge >= 0.3 is 0 Å². The minimum Gasteiger partial charge on any atom is -0.382 e. The molecule has 0 fully saturated rings. The van der Waals surface area contributed by atoms with Crippen molar-refractivity contribution in [1.29, 1.82) is 0 Å². The molecule has 7 heteroatoms. The van der Waals surface area contributed by atoms with Crippen molar-refractivity contribution in [3.63, 3.8) is 0 Å². The molecule has 6 rings (SSSR count). The van der Waals surface area contributed by atoms with Gasteiger partial charge in [0.25, 0.3) is 5.91 Å². The molecule has 0 spiro atoms. The summed E-state index contributed by atoms with van der Waals surface area (Å²) in [7, 11) is 0. The largest absolute Gasteiger partial charge is 0.382 e. The second-order valence-electron chi connectivity index (χ2n) is 8.89. The van der Waals surface area contributed by atoms with Crippen LogP contribution in [0.4, 0.5) is 5.82 Å². The fraction of sp³-hybridized carbons (Fsp3) is 0.138. The summed E-state index contributed by atoms with van der Waals surface area (Å²) >= 11 is 0. The lowest BCUT2D eigenvalue weighted by molar-refractivity contribution is 0.0928. The molecule has 176 valence electrons. The number of hydrogen-bond donors (Lipinski definition) is 2. The van der Waals surface area contributed by atoms with E-state index in [9.17, 15) is 4.79 Å². The number of nitrogens with zero attached hydrogens (tertiary/aromatic N) is 4. The lowest BCUT2D eigenvalue weighted by atomic mass is 9.91. The minimum absolute atomic E-state index is 0.0970. The zero-order valence-electron chi connectivity index (χ0n) is 19.6. The van der Waals surface area contributed by atoms with Crippen molar-refractivity contribution in [2.45, 2.75) is 25.3 Å². The van der Waals surface area contributed by atoms with Crippen LogP contribution in [-0.2, 0) is 6.42 Å². The van der Waals surface area contributed by atoms with E-state index in [1.54, 1.807) is 12.4 Å². The summed E-state index contributed by atoms with van der Waals surface area (Å²) in [6, 6.07) is 23.3. The Morgan fingerprint density at radius 1 is 0.861 bits per heavy atom. The summed E-state index contributed by atoms with van der Waals surface area (Å²) in [5, 5.41) is 4.11. The molecule has 7 nitrogen and oxygen atoms in total. The van der Waals surface area contributed by atoms with Crippen molar-refractivity contribution in [2.24, 2.45) is 0 Å². The molecule has 0 bridgehead atoms. The Labute approximate surface area is 208 Å². The van der Waals surface area contributed by atoms with E-state index in [1.165, 1.54) is 0 Å². The highest BCUT2D eigenvalue weighted by Gasteiger charge is 2.26. The maximum absolute atomic E-state index is 13.5. The van der Waals surface area contributed by atoms with Crippen LogP contribution in [0.1, 0.15) is 40.6 Å². The van der Waals surface area contributed by atoms with Gasteiger partial charge in [-0.25, -0.2) is 9.97 Å². The molecule has 1 aliphatic rings. The van der Waals surface area contributed by atoms with Gasteiger partial charge < -0.3 is 11.1 Å². The first-order valence-electron chi connectivity index (χ1n) is 12.0. The van der Waals surface area contributed by atoms with Crippen LogP contribution in [0.15, 0.2) is 85.2 Å². The third-order valence-corrected chi connectivity index (χ3v) is 6.57. The summed E-state index contributed by atoms with van der Waals surface area (Å²) in [6.45, 7) is 0. The predicted molar refractivity (Wildman–Crippen MR) is 140 cm³/mol. The maximum atomic E-state index is 13.5. The molecule has 1 unspecified atom stereocenters. The highest BCUT2D eigenvalue weighted by Crippen LogP contribution is 2.33. The number of aryl methyl sites for hydroxylation is 1. The van der Waals surface area contributed by atoms with E-state index >= 15 is 0 Å². The van der Waals surface area contributed by atoms with Crippen LogP contribution >= 0.6 is 0 Å². The Morgan fingerprint density at radius 3 is 2.56 bits per heavy atom. The topological polar surface area (TPSA) is 107 Å². The zero-order chi connectivity index (χ0) is 24.5. The Bertz CT molecular complexity index is 1580. The molecule has 0 aliphatic heterocycles. The summed E-state index contributed by atoms with van der Waals surface area (Å²) < 4.78 is 0. The molecule has 3 aromatic heterocycles. The van der Waals surface area contributed by atoms with Gasteiger partial charge in [0.1, 0.15) is 0 Å². The standard InChI is InChI=1S/C29H24N6O/c30-28-27(29(36)33-24-12-4-11-23-21(24)10-6-16-32-23)34-26(25(35-28)18-7-2-1-3-8-18)20-13-14-22-19(17-20)9-5-15-31-22/h1-3,5-10,13-17,24H,4,11-12H2,(H2,30,35)(H,33,36). The van der Waals surface area contributed by atoms with Crippen LogP contribution in [-0.4, -0.2) is 25.8 Å². The van der Waals surface area contributed by atoms with E-state index in [0.717, 1.165) is 52.5 Å². The van der Waals surface area contributed by atoms with Gasteiger partial charge in [-0.1, -0.05) is 48.5 Å². The molecular weight excluding hydrogens is 448 g/mol. The number of nitrogen functional groups attached to an aromatic ring is 1. The SMILES string of the molecule is Nc1nc(-c2ccccc2)c(-c2ccc3ncccc3c2)nc1C(=O)NC1CCCc2ncccc21. The number of aromatic nitrogens is 4. The number of carbonyl (C=O) groups excluding carboxylic acids is 1. The highest BCUT2D eigenvalue weighted by atomic mass is 16.2. The van der Waals surface area contributed by atoms with Crippen LogP contribution in [0, 0.1) is 0 Å². The zero-order valence-corrected chi connectivity index (χ0v) is 19.6. The lowest BCUT2D eigenvalue weighted by Crippen LogP contribution is -2.32. The maximum Gasteiger partial charge on any atom is 0.274 e. The Morgan fingerprint density at radius 2 is 1.67 bits per heavy atom. The van der Waals surface area contributed by atoms with Crippen molar-refractivity contribution in [3.8, 4) is 22.5 Å². The minimum atomic E-state index is -0.343. The number of nitrogens with two attached hydrogens (primary N) is 1. The van der Waals surface area contributed by atoms with Crippen LogP contribution < -0.4 is 11.1 Å². The number of rotatable bonds is 4. The first-order chi connectivity index (χ1) is 17.7. The molecule has 2 aromatic carbocycles. The molecule has 5 aromatic rings. The monoisotopic (exact) mass is 472 g/mol. The van der Waals surface area contributed by atoms with Crippen LogP contribution in [0.2, 0.25) is 0 Å². The first-order valence-corrected chi connectivity index (χ1v) is 12.0. The molecule has 36 heavy (non-hydrogen) atoms. The van der Waals surface area contributed by atoms with Crippen molar-refractivity contribution in [3.05, 3.63) is 102 Å². The molecule has 1 atom stereocenters. The van der Waals surface area contributed by atoms with Crippen molar-refractivity contribution in [1.82, 2.24) is 25.3 Å². The molecule has 1 amide bonds. The number of fused-ring (bicyclic) bond motifs is 2. The summed E-state index contributed by atoms with van der Waals surface area (Å²) in [5.41, 5.74) is 12.3. The fourth-order valence-corrected chi connectivity index (χ4v) is 4.82. The van der Waals surface area contributed by atoms with E-state index in [2.05, 4.69) is 20.3 Å². The van der Waals surface area contributed by atoms with Gasteiger partial charge in [-0.15, -0.1) is 0 Å². The van der Waals surface area contributed by atoms with Crippen LogP contribution in [0.5, 0.6) is 0 Å². The molecule has 1 aliphatic carbocycles. The molecule has 0 radical (unpaired) electrons. The van der Waals surface area contributed by atoms with Gasteiger partial charge in [0.2, 0.25) is 0 Å². The van der Waals surface area contributed by atoms with Crippen molar-refractivity contribution in [2.75, 3.05) is 5.73 Å². The molecule has 0 saturated carbocycles. The third-order valence-electron chi connectivity index (χ3n) is 6.57. The highest BCUT2D eigenvalue weighted by molar-refractivity contribution is 5.98. The number of benzene rings is 2. The van der Waals surface area contributed by atoms with E-state index < -0.39 is 0 Å². The molecule has 0 saturated heterocycles. The fourth-order valence-electron chi connectivity index (χ4n) is 4.82. The molecule has 3 N–H and O–H groups in total. The average molecular weight is 473 g/mol. The Kier molecular flexibility index (Phi) is 5.58. The van der Waals surface area contributed by atoms with Gasteiger partial charge in [-0.05, 0) is 49.1 Å². The van der Waals surface area contributed by atoms with Gasteiger partial charge in [-0.2, -0.15) is 0 Å². The second-order valence-corrected chi connectivity index (χ2v) is 8.89. The Balaban J connectivity index is 1.44. The lowest BCUT2D eigenvalue weighted by Gasteiger charge is -2.25. The number of anilines is 1. The number of nitrogens with one attached hydrogen (secondary N) is 1. The molecule has 3 heterocycles. The molecular formula is C29H24N6O. The van der Waals surface area contributed by atoms with E-state index in [4.69, 9.17) is 10.7 Å². The summed E-state index contributed by atoms with van der Waals surface area (Å²) in [6.07, 6.45) is 6.27. The van der Waals surface area contributed by atoms with E-state index in [1.807, 2.05) is 72.8 Å². The number of hydrogen-bond acceptors (Lipinski definition) is 6.